The highest BCUT2D eigenvalue weighted by molar-refractivity contribution is 5.92. The van der Waals surface area contributed by atoms with Crippen LogP contribution in [0.1, 0.15) is 63.4 Å². The zero-order valence-corrected chi connectivity index (χ0v) is 21.8. The number of benzene rings is 2. The molecular formula is C29H36N2O4. The third kappa shape index (κ3) is 5.49. The van der Waals surface area contributed by atoms with Crippen LogP contribution in [-0.4, -0.2) is 23.2 Å². The molecule has 6 heteroatoms. The molecule has 3 aromatic rings. The lowest BCUT2D eigenvalue weighted by Gasteiger charge is -2.22. The number of carbonyl (C=O) groups is 1. The van der Waals surface area contributed by atoms with Gasteiger partial charge in [0, 0.05) is 23.5 Å². The first kappa shape index (κ1) is 26.2. The molecule has 0 radical (unpaired) electrons. The highest BCUT2D eigenvalue weighted by atomic mass is 16.5. The predicted molar refractivity (Wildman–Crippen MR) is 139 cm³/mol. The largest absolute Gasteiger partial charge is 0.493 e. The summed E-state index contributed by atoms with van der Waals surface area (Å²) in [6, 6.07) is 9.95. The van der Waals surface area contributed by atoms with Crippen LogP contribution >= 0.6 is 0 Å². The molecule has 0 saturated heterocycles. The minimum Gasteiger partial charge on any atom is -0.493 e. The Morgan fingerprint density at radius 1 is 1.06 bits per heavy atom. The van der Waals surface area contributed by atoms with Gasteiger partial charge in [-0.15, -0.1) is 0 Å². The van der Waals surface area contributed by atoms with Crippen molar-refractivity contribution in [1.82, 2.24) is 4.98 Å². The van der Waals surface area contributed by atoms with Crippen LogP contribution in [0.2, 0.25) is 0 Å². The second-order valence-corrected chi connectivity index (χ2v) is 9.47. The van der Waals surface area contributed by atoms with Crippen molar-refractivity contribution >= 4 is 5.97 Å². The molecule has 3 N–H and O–H groups in total. The molecule has 0 aliphatic carbocycles. The summed E-state index contributed by atoms with van der Waals surface area (Å²) >= 11 is 0. The summed E-state index contributed by atoms with van der Waals surface area (Å²) in [6.45, 7) is 12.6. The number of aromatic nitrogens is 1. The number of aryl methyl sites for hydroxylation is 3. The lowest BCUT2D eigenvalue weighted by Crippen LogP contribution is -2.15. The molecule has 35 heavy (non-hydrogen) atoms. The van der Waals surface area contributed by atoms with Crippen LogP contribution in [0.4, 0.5) is 0 Å². The van der Waals surface area contributed by atoms with E-state index in [-0.39, 0.29) is 17.9 Å². The zero-order chi connectivity index (χ0) is 25.9. The normalized spacial score (nSPS) is 11.1. The van der Waals surface area contributed by atoms with Crippen molar-refractivity contribution in [3.8, 4) is 22.6 Å². The number of ether oxygens (including phenoxy) is 2. The molecule has 0 fully saturated rings. The van der Waals surface area contributed by atoms with Gasteiger partial charge in [-0.3, -0.25) is 4.98 Å². The Bertz CT molecular complexity index is 1230. The van der Waals surface area contributed by atoms with E-state index in [4.69, 9.17) is 20.2 Å². The number of carboxylic acid groups (broad SMARTS) is 1. The van der Waals surface area contributed by atoms with Crippen LogP contribution in [-0.2, 0) is 19.6 Å². The van der Waals surface area contributed by atoms with Crippen LogP contribution in [0.3, 0.4) is 0 Å². The van der Waals surface area contributed by atoms with E-state index in [1.54, 1.807) is 6.07 Å². The van der Waals surface area contributed by atoms with E-state index in [1.807, 2.05) is 20.8 Å². The number of methoxy groups -OCH3 is 1. The molecule has 0 spiro atoms. The molecule has 1 heterocycles. The average molecular weight is 477 g/mol. The van der Waals surface area contributed by atoms with Gasteiger partial charge in [0.15, 0.2) is 11.5 Å². The maximum atomic E-state index is 12.0. The van der Waals surface area contributed by atoms with Crippen molar-refractivity contribution < 1.29 is 19.4 Å². The first-order chi connectivity index (χ1) is 16.6. The van der Waals surface area contributed by atoms with Gasteiger partial charge in [0.05, 0.1) is 7.11 Å². The molecule has 0 aliphatic heterocycles. The van der Waals surface area contributed by atoms with E-state index in [9.17, 15) is 9.90 Å². The zero-order valence-electron chi connectivity index (χ0n) is 21.8. The maximum Gasteiger partial charge on any atom is 0.339 e. The van der Waals surface area contributed by atoms with Crippen molar-refractivity contribution in [2.75, 3.05) is 7.11 Å². The molecule has 0 amide bonds. The summed E-state index contributed by atoms with van der Waals surface area (Å²) < 4.78 is 11.8. The number of nitrogens with zero attached hydrogens (tertiary/aromatic N) is 1. The van der Waals surface area contributed by atoms with Crippen molar-refractivity contribution in [3.63, 3.8) is 0 Å². The van der Waals surface area contributed by atoms with E-state index in [2.05, 4.69) is 45.0 Å². The van der Waals surface area contributed by atoms with E-state index >= 15 is 0 Å². The highest BCUT2D eigenvalue weighted by Gasteiger charge is 2.24. The molecule has 0 unspecified atom stereocenters. The summed E-state index contributed by atoms with van der Waals surface area (Å²) in [7, 11) is 1.53. The fourth-order valence-electron chi connectivity index (χ4n) is 4.42. The van der Waals surface area contributed by atoms with E-state index < -0.39 is 5.97 Å². The Labute approximate surface area is 208 Å². The molecular weight excluding hydrogens is 440 g/mol. The predicted octanol–water partition coefficient (Wildman–Crippen LogP) is 5.93. The van der Waals surface area contributed by atoms with Crippen LogP contribution in [0.5, 0.6) is 11.5 Å². The van der Waals surface area contributed by atoms with Crippen LogP contribution in [0.15, 0.2) is 30.3 Å². The average Bonchev–Trinajstić information content (AvgIpc) is 2.80. The van der Waals surface area contributed by atoms with Gasteiger partial charge in [-0.1, -0.05) is 43.7 Å². The number of hydrogen-bond donors (Lipinski definition) is 2. The molecule has 2 aromatic carbocycles. The van der Waals surface area contributed by atoms with Crippen molar-refractivity contribution in [3.05, 3.63) is 75.1 Å². The number of hydrogen-bond acceptors (Lipinski definition) is 5. The van der Waals surface area contributed by atoms with Gasteiger partial charge in [0.25, 0.3) is 0 Å². The lowest BCUT2D eigenvalue weighted by molar-refractivity contribution is 0.0690. The summed E-state index contributed by atoms with van der Waals surface area (Å²) in [6.07, 6.45) is 0.821. The number of nitrogens with two attached hydrogens (primary N) is 1. The van der Waals surface area contributed by atoms with E-state index in [0.717, 1.165) is 51.2 Å². The van der Waals surface area contributed by atoms with Gasteiger partial charge in [-0.05, 0) is 73.9 Å². The third-order valence-corrected chi connectivity index (χ3v) is 6.38. The standard InChI is InChI=1S/C29H36N2O4/c1-16(2)12-25-23(14-30)26(21-10-8-17(3)9-11-21)24(20(6)31-25)15-35-28-22(29(32)33)13-18(4)19(5)27(28)34-7/h8-11,13,16H,12,14-15,30H2,1-7H3,(H,32,33). The number of carboxylic acids is 1. The van der Waals surface area contributed by atoms with Crippen LogP contribution < -0.4 is 15.2 Å². The monoisotopic (exact) mass is 476 g/mol. The van der Waals surface area contributed by atoms with E-state index in [1.165, 1.54) is 12.7 Å². The molecule has 0 aliphatic rings. The Morgan fingerprint density at radius 2 is 1.71 bits per heavy atom. The first-order valence-electron chi connectivity index (χ1n) is 11.9. The fourth-order valence-corrected chi connectivity index (χ4v) is 4.42. The van der Waals surface area contributed by atoms with Crippen molar-refractivity contribution in [2.45, 2.75) is 61.1 Å². The Hall–Kier alpha value is -3.38. The van der Waals surface area contributed by atoms with Crippen LogP contribution in [0.25, 0.3) is 11.1 Å². The third-order valence-electron chi connectivity index (χ3n) is 6.38. The summed E-state index contributed by atoms with van der Waals surface area (Å²) in [5.74, 6) is 0.0151. The molecule has 0 bridgehead atoms. The first-order valence-corrected chi connectivity index (χ1v) is 11.9. The number of pyridine rings is 1. The lowest BCUT2D eigenvalue weighted by atomic mass is 9.90. The van der Waals surface area contributed by atoms with Gasteiger partial charge < -0.3 is 20.3 Å². The molecule has 186 valence electrons. The number of aromatic carboxylic acids is 1. The van der Waals surface area contributed by atoms with Crippen LogP contribution in [0, 0.1) is 33.6 Å². The van der Waals surface area contributed by atoms with Crippen molar-refractivity contribution in [1.29, 1.82) is 0 Å². The topological polar surface area (TPSA) is 94.7 Å². The molecule has 0 atom stereocenters. The van der Waals surface area contributed by atoms with Gasteiger partial charge in [0.1, 0.15) is 12.2 Å². The summed E-state index contributed by atoms with van der Waals surface area (Å²) in [5, 5.41) is 9.85. The summed E-state index contributed by atoms with van der Waals surface area (Å²) in [5.41, 5.74) is 15.0. The second-order valence-electron chi connectivity index (χ2n) is 9.47. The van der Waals surface area contributed by atoms with Gasteiger partial charge in [-0.2, -0.15) is 0 Å². The quantitative estimate of drug-likeness (QED) is 0.398. The Morgan fingerprint density at radius 3 is 2.26 bits per heavy atom. The highest BCUT2D eigenvalue weighted by Crippen LogP contribution is 2.39. The molecule has 3 rings (SSSR count). The maximum absolute atomic E-state index is 12.0. The minimum atomic E-state index is -1.06. The second kappa shape index (κ2) is 10.9. The fraction of sp³-hybridized carbons (Fsp3) is 0.379. The van der Waals surface area contributed by atoms with Gasteiger partial charge in [-0.25, -0.2) is 4.79 Å². The van der Waals surface area contributed by atoms with Gasteiger partial charge >= 0.3 is 5.97 Å². The minimum absolute atomic E-state index is 0.0722. The molecule has 1 aromatic heterocycles. The SMILES string of the molecule is COc1c(C)c(C)cc(C(=O)O)c1OCc1c(C)nc(CC(C)C)c(CN)c1-c1ccc(C)cc1. The van der Waals surface area contributed by atoms with Gasteiger partial charge in [0.2, 0.25) is 0 Å². The summed E-state index contributed by atoms with van der Waals surface area (Å²) in [4.78, 5) is 17.0. The number of rotatable bonds is 9. The Balaban J connectivity index is 2.20. The van der Waals surface area contributed by atoms with E-state index in [0.29, 0.717) is 18.2 Å². The smallest absolute Gasteiger partial charge is 0.339 e. The molecule has 6 nitrogen and oxygen atoms in total. The van der Waals surface area contributed by atoms with Crippen molar-refractivity contribution in [2.24, 2.45) is 11.7 Å². The Kier molecular flexibility index (Phi) is 8.18. The molecule has 0 saturated carbocycles.